The minimum absolute atomic E-state index is 0.0786. The second-order valence-electron chi connectivity index (χ2n) is 19.3. The summed E-state index contributed by atoms with van der Waals surface area (Å²) in [4.78, 5) is 14.3. The summed E-state index contributed by atoms with van der Waals surface area (Å²) in [5, 5.41) is 4.22. The molecule has 9 atom stereocenters. The van der Waals surface area contributed by atoms with E-state index in [-0.39, 0.29) is 22.3 Å². The standard InChI is InChI=1S/C45H66N2O4S/c1-31(2)35-18-22-45(46-25-26-47-27-29-52(49,50)30-28-47)24-23-43(6)36(39(35)45)15-16-38-42(5)20-17-34(41(3,4)37(42)19-21-44(38,43)7)14-11-32-9-12-33(13-10-32)40(48)51-8/h9-14,17,35-39,46H,1,15-16,18-30H2,2-8H3. The van der Waals surface area contributed by atoms with Crippen LogP contribution in [0.4, 0.5) is 0 Å². The second kappa shape index (κ2) is 13.5. The number of hydrogen-bond donors (Lipinski definition) is 1. The van der Waals surface area contributed by atoms with Crippen molar-refractivity contribution in [3.05, 3.63) is 65.3 Å². The summed E-state index contributed by atoms with van der Waals surface area (Å²) in [7, 11) is -1.43. The Bertz CT molecular complexity index is 1710. The van der Waals surface area contributed by atoms with Crippen molar-refractivity contribution >= 4 is 21.9 Å². The van der Waals surface area contributed by atoms with E-state index in [9.17, 15) is 13.2 Å². The fourth-order valence-corrected chi connectivity index (χ4v) is 15.1. The van der Waals surface area contributed by atoms with Gasteiger partial charge in [0.1, 0.15) is 0 Å². The third kappa shape index (κ3) is 6.11. The quantitative estimate of drug-likeness (QED) is 0.213. The van der Waals surface area contributed by atoms with E-state index in [0.717, 1.165) is 25.1 Å². The van der Waals surface area contributed by atoms with Crippen LogP contribution in [-0.4, -0.2) is 69.6 Å². The van der Waals surface area contributed by atoms with Crippen LogP contribution in [0.2, 0.25) is 0 Å². The maximum Gasteiger partial charge on any atom is 0.337 e. The SMILES string of the molecule is C=C(C)C1CCC2(NCCN3CCS(=O)(=O)CC3)CCC3(C)C(CCC4C5(C)CC=C(C=Cc6ccc(C(=O)OC)cc6)C(C)(C)C5CCC43C)C12. The van der Waals surface area contributed by atoms with Crippen LogP contribution in [0.1, 0.15) is 115 Å². The Balaban J connectivity index is 1.11. The number of allylic oxidation sites excluding steroid dienone is 4. The van der Waals surface area contributed by atoms with Gasteiger partial charge in [-0.25, -0.2) is 13.2 Å². The zero-order valence-electron chi connectivity index (χ0n) is 33.2. The van der Waals surface area contributed by atoms with Gasteiger partial charge in [-0.15, -0.1) is 0 Å². The minimum atomic E-state index is -2.86. The van der Waals surface area contributed by atoms with Crippen molar-refractivity contribution in [2.24, 2.45) is 51.2 Å². The third-order valence-electron chi connectivity index (χ3n) is 16.8. The molecule has 7 heteroatoms. The summed E-state index contributed by atoms with van der Waals surface area (Å²) in [6, 6.07) is 7.72. The molecule has 0 spiro atoms. The van der Waals surface area contributed by atoms with Gasteiger partial charge in [-0.3, -0.25) is 0 Å². The van der Waals surface area contributed by atoms with E-state index < -0.39 is 9.84 Å². The molecule has 1 saturated heterocycles. The van der Waals surface area contributed by atoms with Crippen LogP contribution >= 0.6 is 0 Å². The number of carbonyl (C=O) groups is 1. The third-order valence-corrected chi connectivity index (χ3v) is 18.4. The normalized spacial score (nSPS) is 40.9. The molecule has 0 radical (unpaired) electrons. The number of fused-ring (bicyclic) bond motifs is 7. The van der Waals surface area contributed by atoms with Crippen LogP contribution in [0.25, 0.3) is 6.08 Å². The highest BCUT2D eigenvalue weighted by atomic mass is 32.2. The molecule has 0 amide bonds. The van der Waals surface area contributed by atoms with Crippen LogP contribution in [-0.2, 0) is 14.6 Å². The van der Waals surface area contributed by atoms with Gasteiger partial charge in [0.05, 0.1) is 24.2 Å². The lowest BCUT2D eigenvalue weighted by Gasteiger charge is -2.72. The molecule has 52 heavy (non-hydrogen) atoms. The number of rotatable bonds is 8. The molecule has 6 nitrogen and oxygen atoms in total. The zero-order valence-corrected chi connectivity index (χ0v) is 34.0. The van der Waals surface area contributed by atoms with Gasteiger partial charge >= 0.3 is 5.97 Å². The van der Waals surface area contributed by atoms with Crippen LogP contribution < -0.4 is 5.32 Å². The number of esters is 1. The van der Waals surface area contributed by atoms with Gasteiger partial charge in [-0.1, -0.05) is 77.1 Å². The molecule has 1 heterocycles. The summed E-state index contributed by atoms with van der Waals surface area (Å²) < 4.78 is 29.0. The molecule has 5 fully saturated rings. The summed E-state index contributed by atoms with van der Waals surface area (Å²) in [6.07, 6.45) is 18.5. The predicted octanol–water partition coefficient (Wildman–Crippen LogP) is 8.75. The summed E-state index contributed by atoms with van der Waals surface area (Å²) in [5.74, 6) is 3.53. The molecule has 7 rings (SSSR count). The second-order valence-corrected chi connectivity index (χ2v) is 21.6. The predicted molar refractivity (Wildman–Crippen MR) is 213 cm³/mol. The highest BCUT2D eigenvalue weighted by molar-refractivity contribution is 7.91. The highest BCUT2D eigenvalue weighted by Crippen LogP contribution is 2.76. The van der Waals surface area contributed by atoms with E-state index in [4.69, 9.17) is 4.74 Å². The number of methoxy groups -OCH3 is 1. The molecule has 1 N–H and O–H groups in total. The topological polar surface area (TPSA) is 75.7 Å². The average molecular weight is 731 g/mol. The van der Waals surface area contributed by atoms with Crippen molar-refractivity contribution in [1.82, 2.24) is 10.2 Å². The molecule has 0 bridgehead atoms. The van der Waals surface area contributed by atoms with Gasteiger partial charge < -0.3 is 15.0 Å². The fraction of sp³-hybridized carbons (Fsp3) is 0.711. The van der Waals surface area contributed by atoms with Crippen LogP contribution in [0.3, 0.4) is 0 Å². The first-order chi connectivity index (χ1) is 24.5. The van der Waals surface area contributed by atoms with Crippen LogP contribution in [0.15, 0.2) is 54.1 Å². The Hall–Kier alpha value is -2.22. The van der Waals surface area contributed by atoms with Crippen molar-refractivity contribution in [3.8, 4) is 0 Å². The Kier molecular flexibility index (Phi) is 9.89. The van der Waals surface area contributed by atoms with Gasteiger partial charge in [-0.2, -0.15) is 0 Å². The van der Waals surface area contributed by atoms with Crippen molar-refractivity contribution in [2.45, 2.75) is 105 Å². The van der Waals surface area contributed by atoms with Gasteiger partial charge in [0, 0.05) is 31.7 Å². The maximum atomic E-state index is 12.0. The number of nitrogens with one attached hydrogen (secondary N) is 1. The number of nitrogens with zero attached hydrogens (tertiary/aromatic N) is 1. The van der Waals surface area contributed by atoms with E-state index in [1.54, 1.807) is 0 Å². The van der Waals surface area contributed by atoms with Gasteiger partial charge in [-0.05, 0) is 139 Å². The van der Waals surface area contributed by atoms with Crippen molar-refractivity contribution < 1.29 is 17.9 Å². The van der Waals surface area contributed by atoms with Crippen molar-refractivity contribution in [3.63, 3.8) is 0 Å². The lowest BCUT2D eigenvalue weighted by Crippen LogP contribution is -2.68. The summed E-state index contributed by atoms with van der Waals surface area (Å²) >= 11 is 0. The minimum Gasteiger partial charge on any atom is -0.465 e. The van der Waals surface area contributed by atoms with E-state index in [1.807, 2.05) is 24.3 Å². The first-order valence-electron chi connectivity index (χ1n) is 20.4. The van der Waals surface area contributed by atoms with E-state index >= 15 is 0 Å². The Morgan fingerprint density at radius 1 is 0.923 bits per heavy atom. The number of sulfone groups is 1. The van der Waals surface area contributed by atoms with Crippen LogP contribution in [0, 0.1) is 51.2 Å². The lowest BCUT2D eigenvalue weighted by atomic mass is 9.33. The molecule has 286 valence electrons. The lowest BCUT2D eigenvalue weighted by molar-refractivity contribution is -0.221. The van der Waals surface area contributed by atoms with Crippen molar-refractivity contribution in [1.29, 1.82) is 0 Å². The van der Waals surface area contributed by atoms with Gasteiger partial charge in [0.25, 0.3) is 0 Å². The van der Waals surface area contributed by atoms with Gasteiger partial charge in [0.2, 0.25) is 0 Å². The molecule has 5 aliphatic carbocycles. The largest absolute Gasteiger partial charge is 0.465 e. The number of hydrogen-bond acceptors (Lipinski definition) is 6. The highest BCUT2D eigenvalue weighted by Gasteiger charge is 2.70. The smallest absolute Gasteiger partial charge is 0.337 e. The fourth-order valence-electron chi connectivity index (χ4n) is 13.8. The molecule has 6 aliphatic rings. The zero-order chi connectivity index (χ0) is 37.3. The first kappa shape index (κ1) is 38.1. The Morgan fingerprint density at radius 2 is 1.63 bits per heavy atom. The Labute approximate surface area is 315 Å². The molecular weight excluding hydrogens is 665 g/mol. The summed E-state index contributed by atoms with van der Waals surface area (Å²) in [6.45, 7) is 23.2. The molecular formula is C45H66N2O4S. The monoisotopic (exact) mass is 730 g/mol. The maximum absolute atomic E-state index is 12.0. The first-order valence-corrected chi connectivity index (χ1v) is 22.2. The van der Waals surface area contributed by atoms with E-state index in [0.29, 0.717) is 70.6 Å². The van der Waals surface area contributed by atoms with E-state index in [1.165, 1.54) is 69.6 Å². The molecule has 4 saturated carbocycles. The molecule has 1 aromatic carbocycles. The molecule has 1 aliphatic heterocycles. The number of ether oxygens (including phenoxy) is 1. The molecule has 1 aromatic rings. The number of benzene rings is 1. The summed E-state index contributed by atoms with van der Waals surface area (Å²) in [5.41, 5.74) is 5.61. The van der Waals surface area contributed by atoms with Gasteiger partial charge in [0.15, 0.2) is 9.84 Å². The average Bonchev–Trinajstić information content (AvgIpc) is 3.49. The molecule has 0 aromatic heterocycles. The van der Waals surface area contributed by atoms with Crippen LogP contribution in [0.5, 0.6) is 0 Å². The van der Waals surface area contributed by atoms with Crippen molar-refractivity contribution in [2.75, 3.05) is 44.8 Å². The molecule has 9 unspecified atom stereocenters. The Morgan fingerprint density at radius 3 is 2.31 bits per heavy atom. The number of carbonyl (C=O) groups excluding carboxylic acids is 1. The van der Waals surface area contributed by atoms with E-state index in [2.05, 4.69) is 76.6 Å².